The molecule has 1 atom stereocenters. The Balaban J connectivity index is 1.51. The number of hydrogen-bond acceptors (Lipinski definition) is 6. The first-order chi connectivity index (χ1) is 12.5. The predicted molar refractivity (Wildman–Crippen MR) is 101 cm³/mol. The van der Waals surface area contributed by atoms with E-state index >= 15 is 0 Å². The van der Waals surface area contributed by atoms with Crippen LogP contribution in [-0.4, -0.2) is 35.1 Å². The Labute approximate surface area is 162 Å². The average Bonchev–Trinajstić information content (AvgIpc) is 3.14. The molecule has 8 heteroatoms. The Morgan fingerprint density at radius 2 is 1.88 bits per heavy atom. The van der Waals surface area contributed by atoms with E-state index in [9.17, 15) is 4.79 Å². The summed E-state index contributed by atoms with van der Waals surface area (Å²) in [6.45, 7) is 2.13. The molecular weight excluding hydrogens is 375 g/mol. The van der Waals surface area contributed by atoms with Gasteiger partial charge in [0.15, 0.2) is 0 Å². The van der Waals surface area contributed by atoms with Gasteiger partial charge in [0.25, 0.3) is 0 Å². The van der Waals surface area contributed by atoms with Crippen LogP contribution in [0.2, 0.25) is 10.3 Å². The number of anilines is 1. The van der Waals surface area contributed by atoms with Crippen LogP contribution < -0.4 is 10.6 Å². The van der Waals surface area contributed by atoms with E-state index in [0.717, 1.165) is 24.5 Å². The minimum absolute atomic E-state index is 0.0423. The first-order valence-electron chi connectivity index (χ1n) is 8.45. The molecule has 1 saturated heterocycles. The van der Waals surface area contributed by atoms with E-state index in [-0.39, 0.29) is 16.9 Å². The monoisotopic (exact) mass is 394 g/mol. The van der Waals surface area contributed by atoms with Gasteiger partial charge in [-0.05, 0) is 48.6 Å². The maximum absolute atomic E-state index is 12.1. The first-order valence-corrected chi connectivity index (χ1v) is 9.21. The Hall–Kier alpha value is -1.89. The van der Waals surface area contributed by atoms with Crippen LogP contribution in [0.15, 0.2) is 30.5 Å². The normalized spacial score (nSPS) is 15.1. The van der Waals surface area contributed by atoms with Crippen molar-refractivity contribution in [3.63, 3.8) is 0 Å². The van der Waals surface area contributed by atoms with E-state index in [4.69, 9.17) is 33.7 Å². The van der Waals surface area contributed by atoms with Crippen molar-refractivity contribution in [2.45, 2.75) is 31.9 Å². The maximum atomic E-state index is 12.1. The summed E-state index contributed by atoms with van der Waals surface area (Å²) < 4.78 is 5.24. The third kappa shape index (κ3) is 5.06. The fourth-order valence-corrected chi connectivity index (χ4v) is 3.37. The summed E-state index contributed by atoms with van der Waals surface area (Å²) in [6.07, 6.45) is 4.54. The first kappa shape index (κ1) is 18.9. The van der Waals surface area contributed by atoms with Gasteiger partial charge in [0.2, 0.25) is 0 Å². The van der Waals surface area contributed by atoms with Gasteiger partial charge in [-0.25, -0.2) is 9.97 Å². The summed E-state index contributed by atoms with van der Waals surface area (Å²) in [7, 11) is 0. The Morgan fingerprint density at radius 1 is 1.19 bits per heavy atom. The van der Waals surface area contributed by atoms with Crippen LogP contribution in [-0.2, 0) is 22.6 Å². The van der Waals surface area contributed by atoms with Gasteiger partial charge in [-0.2, -0.15) is 0 Å². The zero-order valence-corrected chi connectivity index (χ0v) is 15.7. The van der Waals surface area contributed by atoms with Crippen LogP contribution >= 0.6 is 23.2 Å². The number of carbonyl (C=O) groups is 1. The maximum Gasteiger partial charge on any atom is 0.323 e. The van der Waals surface area contributed by atoms with Crippen LogP contribution in [0.3, 0.4) is 0 Å². The van der Waals surface area contributed by atoms with E-state index in [0.29, 0.717) is 12.0 Å². The highest BCUT2D eigenvalue weighted by atomic mass is 35.5. The molecule has 6 nitrogen and oxygen atoms in total. The van der Waals surface area contributed by atoms with E-state index in [2.05, 4.69) is 14.9 Å². The second kappa shape index (κ2) is 8.66. The van der Waals surface area contributed by atoms with Gasteiger partial charge in [-0.3, -0.25) is 4.79 Å². The van der Waals surface area contributed by atoms with Crippen molar-refractivity contribution in [2.75, 3.05) is 18.0 Å². The number of halogens is 2. The fraction of sp³-hybridized carbons (Fsp3) is 0.389. The van der Waals surface area contributed by atoms with Crippen molar-refractivity contribution in [3.05, 3.63) is 51.9 Å². The molecule has 1 aliphatic rings. The summed E-state index contributed by atoms with van der Waals surface area (Å²) in [6, 6.07) is 6.35. The molecule has 0 aliphatic carbocycles. The van der Waals surface area contributed by atoms with Crippen LogP contribution in [0.25, 0.3) is 0 Å². The molecule has 3 heterocycles. The van der Waals surface area contributed by atoms with Gasteiger partial charge in [0, 0.05) is 19.3 Å². The largest absolute Gasteiger partial charge is 0.460 e. The number of hydrogen-bond donors (Lipinski definition) is 1. The van der Waals surface area contributed by atoms with Crippen LogP contribution in [0.5, 0.6) is 0 Å². The predicted octanol–water partition coefficient (Wildman–Crippen LogP) is 3.00. The Morgan fingerprint density at radius 3 is 2.50 bits per heavy atom. The van der Waals surface area contributed by atoms with Crippen molar-refractivity contribution in [1.29, 1.82) is 0 Å². The van der Waals surface area contributed by atoms with Crippen molar-refractivity contribution < 1.29 is 9.53 Å². The molecule has 2 aromatic heterocycles. The van der Waals surface area contributed by atoms with E-state index < -0.39 is 12.0 Å². The van der Waals surface area contributed by atoms with Crippen LogP contribution in [0.4, 0.5) is 5.82 Å². The summed E-state index contributed by atoms with van der Waals surface area (Å²) in [5.74, 6) is 0.478. The quantitative estimate of drug-likeness (QED) is 0.598. The molecule has 0 radical (unpaired) electrons. The summed E-state index contributed by atoms with van der Waals surface area (Å²) in [5, 5.41) is 0.494. The highest BCUT2D eigenvalue weighted by Crippen LogP contribution is 2.18. The second-order valence-corrected chi connectivity index (χ2v) is 7.03. The summed E-state index contributed by atoms with van der Waals surface area (Å²) in [5.41, 5.74) is 7.51. The van der Waals surface area contributed by atoms with Crippen molar-refractivity contribution in [3.8, 4) is 0 Å². The molecule has 1 fully saturated rings. The molecular formula is C18H20Cl2N4O2. The van der Waals surface area contributed by atoms with Crippen molar-refractivity contribution in [1.82, 2.24) is 9.97 Å². The number of rotatable bonds is 6. The lowest BCUT2D eigenvalue weighted by Crippen LogP contribution is -2.34. The molecule has 0 aromatic carbocycles. The molecule has 0 amide bonds. The number of aromatic nitrogens is 2. The van der Waals surface area contributed by atoms with Gasteiger partial charge in [0.05, 0.1) is 0 Å². The Kier molecular flexibility index (Phi) is 6.29. The molecule has 1 aliphatic heterocycles. The lowest BCUT2D eigenvalue weighted by atomic mass is 10.1. The molecule has 0 spiro atoms. The molecule has 0 unspecified atom stereocenters. The van der Waals surface area contributed by atoms with E-state index in [1.54, 1.807) is 18.3 Å². The van der Waals surface area contributed by atoms with Gasteiger partial charge in [0.1, 0.15) is 28.8 Å². The molecule has 0 saturated carbocycles. The molecule has 2 aromatic rings. The summed E-state index contributed by atoms with van der Waals surface area (Å²) in [4.78, 5) is 22.7. The smallest absolute Gasteiger partial charge is 0.323 e. The highest BCUT2D eigenvalue weighted by Gasteiger charge is 2.17. The topological polar surface area (TPSA) is 81.3 Å². The summed E-state index contributed by atoms with van der Waals surface area (Å²) >= 11 is 11.6. The average molecular weight is 395 g/mol. The van der Waals surface area contributed by atoms with E-state index in [1.165, 1.54) is 12.8 Å². The molecule has 2 N–H and O–H groups in total. The van der Waals surface area contributed by atoms with Gasteiger partial charge >= 0.3 is 5.97 Å². The number of carbonyl (C=O) groups excluding carboxylic acids is 1. The zero-order chi connectivity index (χ0) is 18.5. The number of pyridine rings is 2. The standard InChI is InChI=1S/C18H20Cl2N4O2/c19-15-8-13(9-16(20)23-15)11-26-18(25)14(21)7-12-3-4-17(22-10-12)24-5-1-2-6-24/h3-4,8-10,14H,1-2,5-7,11,21H2/t14-/m0/s1. The lowest BCUT2D eigenvalue weighted by molar-refractivity contribution is -0.146. The Bertz CT molecular complexity index is 744. The minimum Gasteiger partial charge on any atom is -0.460 e. The zero-order valence-electron chi connectivity index (χ0n) is 14.2. The highest BCUT2D eigenvalue weighted by molar-refractivity contribution is 6.32. The number of esters is 1. The van der Waals surface area contributed by atoms with Crippen molar-refractivity contribution in [2.24, 2.45) is 5.73 Å². The second-order valence-electron chi connectivity index (χ2n) is 6.26. The van der Waals surface area contributed by atoms with Gasteiger partial charge in [-0.1, -0.05) is 29.3 Å². The number of nitrogens with zero attached hydrogens (tertiary/aromatic N) is 3. The number of ether oxygens (including phenoxy) is 1. The molecule has 0 bridgehead atoms. The number of nitrogens with two attached hydrogens (primary N) is 1. The van der Waals surface area contributed by atoms with Crippen molar-refractivity contribution >= 4 is 35.0 Å². The SMILES string of the molecule is N[C@@H](Cc1ccc(N2CCCC2)nc1)C(=O)OCc1cc(Cl)nc(Cl)c1. The van der Waals surface area contributed by atoms with Crippen LogP contribution in [0.1, 0.15) is 24.0 Å². The van der Waals surface area contributed by atoms with Gasteiger partial charge < -0.3 is 15.4 Å². The molecule has 26 heavy (non-hydrogen) atoms. The van der Waals surface area contributed by atoms with E-state index in [1.807, 2.05) is 12.1 Å². The lowest BCUT2D eigenvalue weighted by Gasteiger charge is -2.17. The minimum atomic E-state index is -0.762. The molecule has 138 valence electrons. The fourth-order valence-electron chi connectivity index (χ4n) is 2.87. The molecule has 3 rings (SSSR count). The third-order valence-corrected chi connectivity index (χ3v) is 4.59. The third-order valence-electron chi connectivity index (χ3n) is 4.20. The van der Waals surface area contributed by atoms with Crippen LogP contribution in [0, 0.1) is 0 Å². The van der Waals surface area contributed by atoms with Gasteiger partial charge in [-0.15, -0.1) is 0 Å².